The standard InChI is InChI=1S/C35H42ClN7O2/c1-25-6-4-7-29(36)34(25)40-35-32-23-38-24-43(32)31-20-28(27-10-8-26(9-11-27)22-37-12-5-13-41(2)3)33(21-30(31)39-35)45-19-16-42-14-17-44-18-15-42/h4,6-11,20-21,23-24,37H,5,12-19,22H2,1-3H3,(H,39,40). The predicted octanol–water partition coefficient (Wildman–Crippen LogP) is 6.01. The van der Waals surface area contributed by atoms with Gasteiger partial charge in [-0.2, -0.15) is 0 Å². The van der Waals surface area contributed by atoms with Crippen LogP contribution in [0, 0.1) is 6.92 Å². The molecule has 1 aliphatic heterocycles. The lowest BCUT2D eigenvalue weighted by Gasteiger charge is -2.26. The Morgan fingerprint density at radius 3 is 2.64 bits per heavy atom. The second kappa shape index (κ2) is 14.6. The summed E-state index contributed by atoms with van der Waals surface area (Å²) in [6.45, 7) is 9.75. The van der Waals surface area contributed by atoms with Crippen LogP contribution < -0.4 is 15.4 Å². The van der Waals surface area contributed by atoms with Gasteiger partial charge in [0.05, 0.1) is 47.5 Å². The van der Waals surface area contributed by atoms with E-state index < -0.39 is 0 Å². The van der Waals surface area contributed by atoms with Crippen LogP contribution in [0.5, 0.6) is 5.75 Å². The molecule has 1 saturated heterocycles. The molecular weight excluding hydrogens is 586 g/mol. The van der Waals surface area contributed by atoms with Crippen LogP contribution in [0.1, 0.15) is 17.5 Å². The number of rotatable bonds is 13. The van der Waals surface area contributed by atoms with Gasteiger partial charge in [0.2, 0.25) is 0 Å². The molecule has 236 valence electrons. The first-order valence-electron chi connectivity index (χ1n) is 15.7. The number of benzene rings is 3. The number of aromatic nitrogens is 3. The van der Waals surface area contributed by atoms with Crippen molar-refractivity contribution in [3.63, 3.8) is 0 Å². The number of hydrogen-bond donors (Lipinski definition) is 2. The monoisotopic (exact) mass is 627 g/mol. The number of imidazole rings is 1. The molecule has 10 heteroatoms. The van der Waals surface area contributed by atoms with E-state index in [2.05, 4.69) is 74.2 Å². The third-order valence-corrected chi connectivity index (χ3v) is 8.55. The highest BCUT2D eigenvalue weighted by molar-refractivity contribution is 6.33. The zero-order chi connectivity index (χ0) is 31.2. The number of nitrogens with zero attached hydrogens (tertiary/aromatic N) is 5. The van der Waals surface area contributed by atoms with E-state index in [9.17, 15) is 0 Å². The van der Waals surface area contributed by atoms with Crippen LogP contribution in [0.3, 0.4) is 0 Å². The minimum atomic E-state index is 0.574. The van der Waals surface area contributed by atoms with Gasteiger partial charge in [-0.15, -0.1) is 0 Å². The van der Waals surface area contributed by atoms with Crippen LogP contribution in [0.15, 0.2) is 67.1 Å². The molecule has 3 heterocycles. The summed E-state index contributed by atoms with van der Waals surface area (Å²) in [5.74, 6) is 1.49. The Hall–Kier alpha value is -3.73. The molecular formula is C35H42ClN7O2. The van der Waals surface area contributed by atoms with Gasteiger partial charge in [-0.1, -0.05) is 48.0 Å². The van der Waals surface area contributed by atoms with Crippen molar-refractivity contribution in [3.05, 3.63) is 83.3 Å². The zero-order valence-corrected chi connectivity index (χ0v) is 27.1. The normalized spacial score (nSPS) is 14.1. The van der Waals surface area contributed by atoms with Crippen molar-refractivity contribution in [2.24, 2.45) is 0 Å². The Morgan fingerprint density at radius 1 is 1.04 bits per heavy atom. The van der Waals surface area contributed by atoms with Crippen LogP contribution in [-0.4, -0.2) is 90.8 Å². The average Bonchev–Trinajstić information content (AvgIpc) is 3.54. The molecule has 6 rings (SSSR count). The smallest absolute Gasteiger partial charge is 0.157 e. The number of aryl methyl sites for hydroxylation is 1. The summed E-state index contributed by atoms with van der Waals surface area (Å²) in [5, 5.41) is 7.68. The fourth-order valence-electron chi connectivity index (χ4n) is 5.69. The molecule has 5 aromatic rings. The first-order chi connectivity index (χ1) is 22.0. The van der Waals surface area contributed by atoms with Crippen LogP contribution in [0.25, 0.3) is 27.7 Å². The van der Waals surface area contributed by atoms with Gasteiger partial charge in [-0.3, -0.25) is 9.30 Å². The molecule has 9 nitrogen and oxygen atoms in total. The Bertz CT molecular complexity index is 1710. The van der Waals surface area contributed by atoms with Crippen molar-refractivity contribution in [2.75, 3.05) is 72.0 Å². The molecule has 1 aliphatic rings. The number of nitrogens with one attached hydrogen (secondary N) is 2. The van der Waals surface area contributed by atoms with E-state index in [-0.39, 0.29) is 0 Å². The van der Waals surface area contributed by atoms with Gasteiger partial charge < -0.3 is 25.0 Å². The minimum absolute atomic E-state index is 0.574. The average molecular weight is 628 g/mol. The minimum Gasteiger partial charge on any atom is -0.492 e. The highest BCUT2D eigenvalue weighted by Crippen LogP contribution is 2.37. The summed E-state index contributed by atoms with van der Waals surface area (Å²) in [5.41, 5.74) is 7.86. The van der Waals surface area contributed by atoms with Gasteiger partial charge in [-0.25, -0.2) is 9.97 Å². The summed E-state index contributed by atoms with van der Waals surface area (Å²) in [6, 6.07) is 18.8. The first kappa shape index (κ1) is 31.3. The molecule has 2 aromatic heterocycles. The number of halogens is 1. The first-order valence-corrected chi connectivity index (χ1v) is 16.0. The number of para-hydroxylation sites is 1. The van der Waals surface area contributed by atoms with E-state index in [1.165, 1.54) is 5.56 Å². The van der Waals surface area contributed by atoms with Gasteiger partial charge in [0.15, 0.2) is 5.82 Å². The topological polar surface area (TPSA) is 79.2 Å². The van der Waals surface area contributed by atoms with Crippen LogP contribution in [0.4, 0.5) is 11.5 Å². The third kappa shape index (κ3) is 7.57. The SMILES string of the molecule is Cc1cccc(Cl)c1Nc1nc2cc(OCCN3CCOCC3)c(-c3ccc(CNCCCN(C)C)cc3)cc2n2cncc12. The van der Waals surface area contributed by atoms with E-state index in [0.29, 0.717) is 17.4 Å². The summed E-state index contributed by atoms with van der Waals surface area (Å²) >= 11 is 6.57. The molecule has 0 amide bonds. The molecule has 45 heavy (non-hydrogen) atoms. The van der Waals surface area contributed by atoms with E-state index in [1.54, 1.807) is 0 Å². The van der Waals surface area contributed by atoms with Crippen molar-refractivity contribution in [1.82, 2.24) is 29.5 Å². The molecule has 3 aromatic carbocycles. The maximum atomic E-state index is 6.57. The van der Waals surface area contributed by atoms with E-state index in [0.717, 1.165) is 104 Å². The molecule has 0 radical (unpaired) electrons. The van der Waals surface area contributed by atoms with Crippen molar-refractivity contribution < 1.29 is 9.47 Å². The molecule has 0 aliphatic carbocycles. The molecule has 0 saturated carbocycles. The lowest BCUT2D eigenvalue weighted by molar-refractivity contribution is 0.0323. The highest BCUT2D eigenvalue weighted by atomic mass is 35.5. The Balaban J connectivity index is 1.32. The quantitative estimate of drug-likeness (QED) is 0.154. The zero-order valence-electron chi connectivity index (χ0n) is 26.4. The maximum absolute atomic E-state index is 6.57. The summed E-state index contributed by atoms with van der Waals surface area (Å²) < 4.78 is 14.1. The third-order valence-electron chi connectivity index (χ3n) is 8.24. The Morgan fingerprint density at radius 2 is 1.87 bits per heavy atom. The van der Waals surface area contributed by atoms with Crippen LogP contribution in [0.2, 0.25) is 5.02 Å². The fraction of sp³-hybridized carbons (Fsp3) is 0.371. The summed E-state index contributed by atoms with van der Waals surface area (Å²) in [6.07, 6.45) is 4.78. The van der Waals surface area contributed by atoms with Gasteiger partial charge in [-0.05, 0) is 69.4 Å². The molecule has 0 bridgehead atoms. The second-order valence-corrected chi connectivity index (χ2v) is 12.2. The van der Waals surface area contributed by atoms with E-state index in [4.69, 9.17) is 26.1 Å². The second-order valence-electron chi connectivity index (χ2n) is 11.8. The number of hydrogen-bond acceptors (Lipinski definition) is 8. The predicted molar refractivity (Wildman–Crippen MR) is 183 cm³/mol. The van der Waals surface area contributed by atoms with Crippen LogP contribution in [-0.2, 0) is 11.3 Å². The summed E-state index contributed by atoms with van der Waals surface area (Å²) in [4.78, 5) is 14.1. The lowest BCUT2D eigenvalue weighted by atomic mass is 10.0. The lowest BCUT2D eigenvalue weighted by Crippen LogP contribution is -2.38. The van der Waals surface area contributed by atoms with Crippen LogP contribution >= 0.6 is 11.6 Å². The van der Waals surface area contributed by atoms with Crippen molar-refractivity contribution in [2.45, 2.75) is 19.9 Å². The van der Waals surface area contributed by atoms with E-state index in [1.807, 2.05) is 43.7 Å². The fourth-order valence-corrected chi connectivity index (χ4v) is 5.96. The highest BCUT2D eigenvalue weighted by Gasteiger charge is 2.17. The molecule has 0 spiro atoms. The van der Waals surface area contributed by atoms with Gasteiger partial charge in [0, 0.05) is 37.8 Å². The number of fused-ring (bicyclic) bond motifs is 3. The van der Waals surface area contributed by atoms with Gasteiger partial charge in [0.1, 0.15) is 17.9 Å². The largest absolute Gasteiger partial charge is 0.492 e. The Kier molecular flexibility index (Phi) is 10.1. The molecule has 1 fully saturated rings. The van der Waals surface area contributed by atoms with Gasteiger partial charge >= 0.3 is 0 Å². The number of anilines is 2. The van der Waals surface area contributed by atoms with Gasteiger partial charge in [0.25, 0.3) is 0 Å². The molecule has 0 unspecified atom stereocenters. The molecule has 2 N–H and O–H groups in total. The number of morpholine rings is 1. The molecule has 0 atom stereocenters. The van der Waals surface area contributed by atoms with Crippen molar-refractivity contribution in [1.29, 1.82) is 0 Å². The van der Waals surface area contributed by atoms with E-state index >= 15 is 0 Å². The van der Waals surface area contributed by atoms with Crippen molar-refractivity contribution in [3.8, 4) is 16.9 Å². The summed E-state index contributed by atoms with van der Waals surface area (Å²) in [7, 11) is 4.22. The van der Waals surface area contributed by atoms with Crippen molar-refractivity contribution >= 4 is 39.7 Å². The Labute approximate surface area is 270 Å². The number of ether oxygens (including phenoxy) is 2. The maximum Gasteiger partial charge on any atom is 0.157 e.